The minimum atomic E-state index is -0.285. The first-order valence-electron chi connectivity index (χ1n) is 7.47. The number of nitrogens with two attached hydrogens (primary N) is 1. The Morgan fingerprint density at radius 3 is 2.75 bits per heavy atom. The van der Waals surface area contributed by atoms with E-state index in [2.05, 4.69) is 11.8 Å². The van der Waals surface area contributed by atoms with E-state index in [0.717, 1.165) is 31.1 Å². The standard InChI is InChI=1S/C16H24N2O2/c1-3-9-18(11-12-5-6-12)15-8-7-13(17)10-14(15)16(19)20-4-2/h7-8,10,12H,3-6,9,11,17H2,1-2H3. The van der Waals surface area contributed by atoms with Gasteiger partial charge in [-0.1, -0.05) is 6.92 Å². The molecule has 0 saturated heterocycles. The maximum atomic E-state index is 12.1. The van der Waals surface area contributed by atoms with Gasteiger partial charge in [-0.25, -0.2) is 4.79 Å². The lowest BCUT2D eigenvalue weighted by molar-refractivity contribution is 0.0527. The molecule has 0 bridgehead atoms. The Morgan fingerprint density at radius 1 is 1.40 bits per heavy atom. The number of nitrogens with zero attached hydrogens (tertiary/aromatic N) is 1. The van der Waals surface area contributed by atoms with Crippen molar-refractivity contribution < 1.29 is 9.53 Å². The van der Waals surface area contributed by atoms with E-state index < -0.39 is 0 Å². The molecule has 0 heterocycles. The van der Waals surface area contributed by atoms with E-state index in [4.69, 9.17) is 10.5 Å². The van der Waals surface area contributed by atoms with Gasteiger partial charge in [0.05, 0.1) is 17.9 Å². The van der Waals surface area contributed by atoms with E-state index >= 15 is 0 Å². The second-order valence-corrected chi connectivity index (χ2v) is 5.39. The van der Waals surface area contributed by atoms with Crippen molar-refractivity contribution in [1.82, 2.24) is 0 Å². The number of nitrogen functional groups attached to an aromatic ring is 1. The van der Waals surface area contributed by atoms with Crippen LogP contribution >= 0.6 is 0 Å². The first-order chi connectivity index (χ1) is 9.65. The molecule has 1 saturated carbocycles. The molecule has 110 valence electrons. The van der Waals surface area contributed by atoms with Crippen molar-refractivity contribution in [1.29, 1.82) is 0 Å². The Balaban J connectivity index is 2.28. The third-order valence-corrected chi connectivity index (χ3v) is 3.53. The number of hydrogen-bond acceptors (Lipinski definition) is 4. The van der Waals surface area contributed by atoms with E-state index in [0.29, 0.717) is 17.9 Å². The van der Waals surface area contributed by atoms with Crippen LogP contribution in [0.5, 0.6) is 0 Å². The monoisotopic (exact) mass is 276 g/mol. The highest BCUT2D eigenvalue weighted by Gasteiger charge is 2.26. The molecule has 0 radical (unpaired) electrons. The van der Waals surface area contributed by atoms with Gasteiger partial charge in [-0.2, -0.15) is 0 Å². The van der Waals surface area contributed by atoms with Crippen molar-refractivity contribution in [3.05, 3.63) is 23.8 Å². The molecular formula is C16H24N2O2. The topological polar surface area (TPSA) is 55.6 Å². The summed E-state index contributed by atoms with van der Waals surface area (Å²) in [6.45, 7) is 6.32. The van der Waals surface area contributed by atoms with Gasteiger partial charge in [0, 0.05) is 18.8 Å². The molecule has 0 aromatic heterocycles. The highest BCUT2D eigenvalue weighted by Crippen LogP contribution is 2.33. The van der Waals surface area contributed by atoms with Gasteiger partial charge in [0.15, 0.2) is 0 Å². The molecule has 20 heavy (non-hydrogen) atoms. The molecule has 4 heteroatoms. The number of benzene rings is 1. The molecule has 2 N–H and O–H groups in total. The fourth-order valence-corrected chi connectivity index (χ4v) is 2.39. The molecule has 2 rings (SSSR count). The predicted octanol–water partition coefficient (Wildman–Crippen LogP) is 3.07. The fourth-order valence-electron chi connectivity index (χ4n) is 2.39. The molecule has 1 aromatic rings. The molecule has 0 aliphatic heterocycles. The number of carbonyl (C=O) groups is 1. The van der Waals surface area contributed by atoms with Crippen molar-refractivity contribution in [2.45, 2.75) is 33.1 Å². The van der Waals surface area contributed by atoms with Crippen LogP contribution in [-0.4, -0.2) is 25.7 Å². The summed E-state index contributed by atoms with van der Waals surface area (Å²) in [5.41, 5.74) is 7.95. The Labute approximate surface area is 120 Å². The molecule has 1 aliphatic rings. The number of rotatable bonds is 7. The lowest BCUT2D eigenvalue weighted by Gasteiger charge is -2.26. The number of esters is 1. The maximum absolute atomic E-state index is 12.1. The smallest absolute Gasteiger partial charge is 0.340 e. The summed E-state index contributed by atoms with van der Waals surface area (Å²) in [6.07, 6.45) is 3.65. The van der Waals surface area contributed by atoms with Gasteiger partial charge >= 0.3 is 5.97 Å². The van der Waals surface area contributed by atoms with Gasteiger partial charge in [-0.15, -0.1) is 0 Å². The van der Waals surface area contributed by atoms with Gasteiger partial charge in [-0.3, -0.25) is 0 Å². The molecular weight excluding hydrogens is 252 g/mol. The lowest BCUT2D eigenvalue weighted by Crippen LogP contribution is -2.28. The Morgan fingerprint density at radius 2 is 2.15 bits per heavy atom. The minimum absolute atomic E-state index is 0.285. The second-order valence-electron chi connectivity index (χ2n) is 5.39. The maximum Gasteiger partial charge on any atom is 0.340 e. The summed E-state index contributed by atoms with van der Waals surface area (Å²) in [6, 6.07) is 5.52. The Kier molecular flexibility index (Phi) is 4.88. The van der Waals surface area contributed by atoms with Gasteiger partial charge < -0.3 is 15.4 Å². The van der Waals surface area contributed by atoms with Crippen molar-refractivity contribution in [2.24, 2.45) is 5.92 Å². The van der Waals surface area contributed by atoms with Crippen LogP contribution in [-0.2, 0) is 4.74 Å². The zero-order valence-corrected chi connectivity index (χ0v) is 12.4. The summed E-state index contributed by atoms with van der Waals surface area (Å²) in [4.78, 5) is 14.4. The normalized spacial score (nSPS) is 14.1. The van der Waals surface area contributed by atoms with Crippen molar-refractivity contribution in [3.8, 4) is 0 Å². The van der Waals surface area contributed by atoms with Crippen LogP contribution in [0.1, 0.15) is 43.5 Å². The van der Waals surface area contributed by atoms with Gasteiger partial charge in [0.25, 0.3) is 0 Å². The summed E-state index contributed by atoms with van der Waals surface area (Å²) in [5.74, 6) is 0.487. The molecule has 0 amide bonds. The molecule has 1 fully saturated rings. The SMILES string of the molecule is CCCN(CC1CC1)c1ccc(N)cc1C(=O)OCC. The molecule has 4 nitrogen and oxygen atoms in total. The highest BCUT2D eigenvalue weighted by molar-refractivity contribution is 5.97. The van der Waals surface area contributed by atoms with E-state index in [1.807, 2.05) is 19.1 Å². The molecule has 0 spiro atoms. The largest absolute Gasteiger partial charge is 0.462 e. The number of hydrogen-bond donors (Lipinski definition) is 1. The third kappa shape index (κ3) is 3.65. The quantitative estimate of drug-likeness (QED) is 0.614. The van der Waals surface area contributed by atoms with E-state index in [1.165, 1.54) is 12.8 Å². The number of ether oxygens (including phenoxy) is 1. The van der Waals surface area contributed by atoms with Gasteiger partial charge in [0.2, 0.25) is 0 Å². The van der Waals surface area contributed by atoms with Crippen molar-refractivity contribution >= 4 is 17.3 Å². The average molecular weight is 276 g/mol. The average Bonchev–Trinajstić information content (AvgIpc) is 3.22. The van der Waals surface area contributed by atoms with Crippen LogP contribution < -0.4 is 10.6 Å². The summed E-state index contributed by atoms with van der Waals surface area (Å²) in [5, 5.41) is 0. The predicted molar refractivity (Wildman–Crippen MR) is 82.0 cm³/mol. The summed E-state index contributed by atoms with van der Waals surface area (Å²) in [7, 11) is 0. The van der Waals surface area contributed by atoms with Crippen LogP contribution in [0.15, 0.2) is 18.2 Å². The van der Waals surface area contributed by atoms with Crippen LogP contribution in [0.25, 0.3) is 0 Å². The molecule has 0 atom stereocenters. The third-order valence-electron chi connectivity index (χ3n) is 3.53. The van der Waals surface area contributed by atoms with Crippen molar-refractivity contribution in [3.63, 3.8) is 0 Å². The van der Waals surface area contributed by atoms with E-state index in [9.17, 15) is 4.79 Å². The summed E-state index contributed by atoms with van der Waals surface area (Å²) < 4.78 is 5.15. The van der Waals surface area contributed by atoms with Crippen LogP contribution in [0.2, 0.25) is 0 Å². The first kappa shape index (κ1) is 14.7. The second kappa shape index (κ2) is 6.64. The van der Waals surface area contributed by atoms with Crippen LogP contribution in [0.4, 0.5) is 11.4 Å². The Hall–Kier alpha value is -1.71. The van der Waals surface area contributed by atoms with Crippen molar-refractivity contribution in [2.75, 3.05) is 30.3 Å². The zero-order valence-electron chi connectivity index (χ0n) is 12.4. The van der Waals surface area contributed by atoms with E-state index in [-0.39, 0.29) is 5.97 Å². The lowest BCUT2D eigenvalue weighted by atomic mass is 10.1. The van der Waals surface area contributed by atoms with Gasteiger partial charge in [-0.05, 0) is 50.3 Å². The molecule has 1 aliphatic carbocycles. The van der Waals surface area contributed by atoms with Crippen LogP contribution in [0, 0.1) is 5.92 Å². The molecule has 0 unspecified atom stereocenters. The molecule has 1 aromatic carbocycles. The number of anilines is 2. The first-order valence-corrected chi connectivity index (χ1v) is 7.47. The fraction of sp³-hybridized carbons (Fsp3) is 0.562. The minimum Gasteiger partial charge on any atom is -0.462 e. The number of carbonyl (C=O) groups excluding carboxylic acids is 1. The zero-order chi connectivity index (χ0) is 14.5. The Bertz CT molecular complexity index is 470. The van der Waals surface area contributed by atoms with Gasteiger partial charge in [0.1, 0.15) is 0 Å². The van der Waals surface area contributed by atoms with E-state index in [1.54, 1.807) is 6.07 Å². The van der Waals surface area contributed by atoms with Crippen LogP contribution in [0.3, 0.4) is 0 Å². The highest BCUT2D eigenvalue weighted by atomic mass is 16.5. The summed E-state index contributed by atoms with van der Waals surface area (Å²) >= 11 is 0.